The zero-order valence-corrected chi connectivity index (χ0v) is 19.6. The molecule has 0 aromatic heterocycles. The van der Waals surface area contributed by atoms with Crippen LogP contribution in [0.4, 0.5) is 5.69 Å². The average molecular weight is 504 g/mol. The number of guanidine groups is 1. The van der Waals surface area contributed by atoms with E-state index in [1.807, 2.05) is 6.92 Å². The molecule has 0 saturated carbocycles. The lowest BCUT2D eigenvalue weighted by atomic mass is 9.99. The van der Waals surface area contributed by atoms with Crippen molar-refractivity contribution in [3.05, 3.63) is 29.8 Å². The van der Waals surface area contributed by atoms with Crippen molar-refractivity contribution in [2.75, 3.05) is 52.3 Å². The Morgan fingerprint density at radius 2 is 1.96 bits per heavy atom. The Morgan fingerprint density at radius 1 is 1.25 bits per heavy atom. The number of hydrogen-bond donors (Lipinski definition) is 2. The minimum absolute atomic E-state index is 0. The molecule has 0 spiro atoms. The van der Waals surface area contributed by atoms with Crippen LogP contribution >= 0.6 is 24.0 Å². The van der Waals surface area contributed by atoms with Gasteiger partial charge in [-0.05, 0) is 30.5 Å². The molecule has 1 aliphatic heterocycles. The number of esters is 1. The highest BCUT2D eigenvalue weighted by atomic mass is 127. The van der Waals surface area contributed by atoms with E-state index < -0.39 is 0 Å². The predicted octanol–water partition coefficient (Wildman–Crippen LogP) is 2.57. The number of nitrogens with zero attached hydrogens (tertiary/aromatic N) is 2. The molecule has 28 heavy (non-hydrogen) atoms. The van der Waals surface area contributed by atoms with Crippen LogP contribution in [-0.4, -0.2) is 63.8 Å². The highest BCUT2D eigenvalue weighted by molar-refractivity contribution is 14.0. The Labute approximate surface area is 185 Å². The van der Waals surface area contributed by atoms with Gasteiger partial charge in [-0.25, -0.2) is 4.99 Å². The third-order valence-electron chi connectivity index (χ3n) is 4.75. The Bertz CT molecular complexity index is 624. The number of carbonyl (C=O) groups is 1. The molecule has 1 aromatic rings. The summed E-state index contributed by atoms with van der Waals surface area (Å²) in [6, 6.07) is 8.26. The summed E-state index contributed by atoms with van der Waals surface area (Å²) in [6.45, 7) is 8.42. The first kappa shape index (κ1) is 24.5. The van der Waals surface area contributed by atoms with Crippen molar-refractivity contribution in [2.45, 2.75) is 20.4 Å². The molecule has 2 N–H and O–H groups in total. The van der Waals surface area contributed by atoms with E-state index >= 15 is 0 Å². The van der Waals surface area contributed by atoms with E-state index in [9.17, 15) is 4.79 Å². The maximum Gasteiger partial charge on any atom is 0.310 e. The van der Waals surface area contributed by atoms with E-state index in [2.05, 4.69) is 46.7 Å². The van der Waals surface area contributed by atoms with Crippen LogP contribution in [-0.2, 0) is 20.8 Å². The van der Waals surface area contributed by atoms with Crippen molar-refractivity contribution < 1.29 is 14.3 Å². The van der Waals surface area contributed by atoms with Crippen LogP contribution in [0.3, 0.4) is 0 Å². The molecule has 1 saturated heterocycles. The maximum absolute atomic E-state index is 11.9. The topological polar surface area (TPSA) is 75.2 Å². The monoisotopic (exact) mass is 504 g/mol. The second kappa shape index (κ2) is 12.8. The minimum atomic E-state index is -0.141. The molecule has 2 rings (SSSR count). The van der Waals surface area contributed by atoms with Crippen molar-refractivity contribution in [1.82, 2.24) is 10.2 Å². The molecule has 2 atom stereocenters. The number of carbonyl (C=O) groups excluding carboxylic acids is 1. The number of hydrogen-bond acceptors (Lipinski definition) is 5. The number of methoxy groups -OCH3 is 2. The molecule has 1 aliphatic rings. The fraction of sp³-hybridized carbons (Fsp3) is 0.600. The molecule has 0 radical (unpaired) electrons. The van der Waals surface area contributed by atoms with Crippen molar-refractivity contribution in [3.8, 4) is 0 Å². The molecule has 0 amide bonds. The Morgan fingerprint density at radius 3 is 2.57 bits per heavy atom. The molecule has 1 aromatic carbocycles. The molecule has 1 heterocycles. The lowest BCUT2D eigenvalue weighted by Crippen LogP contribution is -2.40. The van der Waals surface area contributed by atoms with Crippen LogP contribution < -0.4 is 10.6 Å². The Hall–Kier alpha value is -1.55. The first-order chi connectivity index (χ1) is 13.1. The molecular weight excluding hydrogens is 471 g/mol. The Balaban J connectivity index is 0.00000392. The number of halogens is 1. The van der Waals surface area contributed by atoms with Crippen molar-refractivity contribution in [3.63, 3.8) is 0 Å². The molecule has 2 unspecified atom stereocenters. The predicted molar refractivity (Wildman–Crippen MR) is 123 cm³/mol. The summed E-state index contributed by atoms with van der Waals surface area (Å²) in [5, 5.41) is 6.64. The minimum Gasteiger partial charge on any atom is -0.469 e. The molecule has 0 bridgehead atoms. The number of aliphatic imine (C=N–C) groups is 1. The molecule has 0 aliphatic carbocycles. The van der Waals surface area contributed by atoms with Crippen LogP contribution in [0.1, 0.15) is 19.4 Å². The third-order valence-corrected chi connectivity index (χ3v) is 4.75. The molecule has 158 valence electrons. The molecular formula is C20H33IN4O3. The smallest absolute Gasteiger partial charge is 0.310 e. The van der Waals surface area contributed by atoms with Gasteiger partial charge in [-0.15, -0.1) is 24.0 Å². The van der Waals surface area contributed by atoms with Crippen LogP contribution in [0, 0.1) is 11.8 Å². The van der Waals surface area contributed by atoms with Crippen molar-refractivity contribution in [2.24, 2.45) is 16.8 Å². The van der Waals surface area contributed by atoms with E-state index in [0.717, 1.165) is 36.8 Å². The lowest BCUT2D eigenvalue weighted by Gasteiger charge is -2.21. The van der Waals surface area contributed by atoms with Crippen LogP contribution in [0.15, 0.2) is 29.3 Å². The van der Waals surface area contributed by atoms with Gasteiger partial charge in [0.05, 0.1) is 26.2 Å². The van der Waals surface area contributed by atoms with E-state index in [1.165, 1.54) is 7.11 Å². The van der Waals surface area contributed by atoms with E-state index in [-0.39, 0.29) is 41.8 Å². The average Bonchev–Trinajstić information content (AvgIpc) is 3.07. The van der Waals surface area contributed by atoms with Gasteiger partial charge in [-0.3, -0.25) is 4.79 Å². The number of rotatable bonds is 8. The van der Waals surface area contributed by atoms with Gasteiger partial charge >= 0.3 is 5.97 Å². The van der Waals surface area contributed by atoms with E-state index in [4.69, 9.17) is 14.5 Å². The number of benzene rings is 1. The van der Waals surface area contributed by atoms with Crippen molar-refractivity contribution >= 4 is 41.6 Å². The van der Waals surface area contributed by atoms with Gasteiger partial charge in [0.2, 0.25) is 0 Å². The third kappa shape index (κ3) is 7.12. The molecule has 8 heteroatoms. The number of nitrogens with one attached hydrogen (secondary N) is 2. The largest absolute Gasteiger partial charge is 0.469 e. The van der Waals surface area contributed by atoms with Gasteiger partial charge in [-0.1, -0.05) is 19.1 Å². The van der Waals surface area contributed by atoms with Gasteiger partial charge in [0.25, 0.3) is 0 Å². The zero-order valence-electron chi connectivity index (χ0n) is 17.2. The standard InChI is InChI=1S/C20H32N4O3.HI/c1-5-21-20(24-13-15(2)18(14-24)19(25)27-4)23-12-16-6-8-17(9-7-16)22-10-11-26-3;/h6-9,15,18,22H,5,10-14H2,1-4H3,(H,21,23);1H. The van der Waals surface area contributed by atoms with Gasteiger partial charge in [0, 0.05) is 39.0 Å². The van der Waals surface area contributed by atoms with Gasteiger partial charge in [-0.2, -0.15) is 0 Å². The number of likely N-dealkylation sites (tertiary alicyclic amines) is 1. The quantitative estimate of drug-likeness (QED) is 0.187. The number of anilines is 1. The fourth-order valence-corrected chi connectivity index (χ4v) is 3.22. The van der Waals surface area contributed by atoms with E-state index in [0.29, 0.717) is 19.7 Å². The summed E-state index contributed by atoms with van der Waals surface area (Å²) in [6.07, 6.45) is 0. The van der Waals surface area contributed by atoms with Crippen LogP contribution in [0.2, 0.25) is 0 Å². The van der Waals surface area contributed by atoms with Gasteiger partial charge in [0.1, 0.15) is 0 Å². The summed E-state index contributed by atoms with van der Waals surface area (Å²) in [4.78, 5) is 18.8. The second-order valence-electron chi connectivity index (χ2n) is 6.80. The van der Waals surface area contributed by atoms with Crippen LogP contribution in [0.5, 0.6) is 0 Å². The normalized spacial score (nSPS) is 19.1. The first-order valence-electron chi connectivity index (χ1n) is 9.51. The first-order valence-corrected chi connectivity index (χ1v) is 9.51. The lowest BCUT2D eigenvalue weighted by molar-refractivity contribution is -0.145. The van der Waals surface area contributed by atoms with E-state index in [1.54, 1.807) is 7.11 Å². The van der Waals surface area contributed by atoms with Gasteiger partial charge in [0.15, 0.2) is 5.96 Å². The summed E-state index contributed by atoms with van der Waals surface area (Å²) in [7, 11) is 3.14. The van der Waals surface area contributed by atoms with Crippen LogP contribution in [0.25, 0.3) is 0 Å². The fourth-order valence-electron chi connectivity index (χ4n) is 3.22. The second-order valence-corrected chi connectivity index (χ2v) is 6.80. The van der Waals surface area contributed by atoms with Crippen molar-refractivity contribution in [1.29, 1.82) is 0 Å². The highest BCUT2D eigenvalue weighted by Gasteiger charge is 2.36. The molecule has 1 fully saturated rings. The zero-order chi connectivity index (χ0) is 19.6. The number of ether oxygens (including phenoxy) is 2. The SMILES string of the molecule is CCNC(=NCc1ccc(NCCOC)cc1)N1CC(C)C(C(=O)OC)C1.I. The highest BCUT2D eigenvalue weighted by Crippen LogP contribution is 2.24. The summed E-state index contributed by atoms with van der Waals surface area (Å²) < 4.78 is 9.97. The maximum atomic E-state index is 11.9. The molecule has 7 nitrogen and oxygen atoms in total. The summed E-state index contributed by atoms with van der Waals surface area (Å²) in [5.74, 6) is 0.852. The summed E-state index contributed by atoms with van der Waals surface area (Å²) >= 11 is 0. The van der Waals surface area contributed by atoms with Gasteiger partial charge < -0.3 is 25.0 Å². The summed E-state index contributed by atoms with van der Waals surface area (Å²) in [5.41, 5.74) is 2.21. The Kier molecular flexibility index (Phi) is 11.2.